The van der Waals surface area contributed by atoms with Gasteiger partial charge in [0.05, 0.1) is 23.7 Å². The predicted molar refractivity (Wildman–Crippen MR) is 99.1 cm³/mol. The zero-order valence-corrected chi connectivity index (χ0v) is 16.0. The van der Waals surface area contributed by atoms with Crippen LogP contribution in [0.4, 0.5) is 0 Å². The first kappa shape index (κ1) is 17.8. The first-order valence-corrected chi connectivity index (χ1v) is 9.57. The van der Waals surface area contributed by atoms with E-state index in [1.807, 2.05) is 18.2 Å². The van der Waals surface area contributed by atoms with E-state index in [1.165, 1.54) is 7.11 Å². The van der Waals surface area contributed by atoms with Crippen LogP contribution in [0.5, 0.6) is 5.75 Å². The lowest BCUT2D eigenvalue weighted by Crippen LogP contribution is -2.28. The minimum Gasteiger partial charge on any atom is -0.495 e. The Hall–Kier alpha value is -2.05. The molecular formula is C18H19ClN2O3S. The third-order valence-electron chi connectivity index (χ3n) is 4.01. The maximum Gasteiger partial charge on any atom is 0.188 e. The SMILES string of the molecule is COc1cc2ncc(-c3cccc(Cl)c3)n2cc1S(=O)(=O)C(C)(C)C. The highest BCUT2D eigenvalue weighted by Crippen LogP contribution is 2.34. The summed E-state index contributed by atoms with van der Waals surface area (Å²) in [5, 5.41) is 0.600. The third kappa shape index (κ3) is 3.00. The monoisotopic (exact) mass is 378 g/mol. The van der Waals surface area contributed by atoms with Crippen LogP contribution < -0.4 is 4.74 Å². The molecule has 2 heterocycles. The number of ether oxygens (including phenoxy) is 1. The van der Waals surface area contributed by atoms with Crippen LogP contribution in [-0.4, -0.2) is 29.7 Å². The Bertz CT molecular complexity index is 1050. The number of rotatable bonds is 3. The quantitative estimate of drug-likeness (QED) is 0.684. The van der Waals surface area contributed by atoms with Crippen LogP contribution in [0.25, 0.3) is 16.9 Å². The fourth-order valence-corrected chi connectivity index (χ4v) is 4.04. The number of fused-ring (bicyclic) bond motifs is 1. The maximum atomic E-state index is 13.0. The molecule has 1 aromatic carbocycles. The number of imidazole rings is 1. The molecule has 0 aliphatic carbocycles. The van der Waals surface area contributed by atoms with Crippen molar-refractivity contribution in [2.75, 3.05) is 7.11 Å². The number of halogens is 1. The number of sulfone groups is 1. The van der Waals surface area contributed by atoms with Crippen LogP contribution >= 0.6 is 11.6 Å². The Balaban J connectivity index is 2.31. The lowest BCUT2D eigenvalue weighted by Gasteiger charge is -2.21. The number of hydrogen-bond acceptors (Lipinski definition) is 4. The third-order valence-corrected chi connectivity index (χ3v) is 6.74. The van der Waals surface area contributed by atoms with Crippen LogP contribution in [0.3, 0.4) is 0 Å². The topological polar surface area (TPSA) is 60.7 Å². The molecule has 0 aliphatic heterocycles. The molecule has 0 atom stereocenters. The molecule has 25 heavy (non-hydrogen) atoms. The highest BCUT2D eigenvalue weighted by Gasteiger charge is 2.34. The summed E-state index contributed by atoms with van der Waals surface area (Å²) in [6.45, 7) is 4.99. The molecule has 0 saturated heterocycles. The van der Waals surface area contributed by atoms with Gasteiger partial charge in [0.25, 0.3) is 0 Å². The van der Waals surface area contributed by atoms with Crippen molar-refractivity contribution in [3.05, 3.63) is 47.7 Å². The van der Waals surface area contributed by atoms with Crippen molar-refractivity contribution in [1.82, 2.24) is 9.38 Å². The van der Waals surface area contributed by atoms with E-state index in [4.69, 9.17) is 16.3 Å². The van der Waals surface area contributed by atoms with Gasteiger partial charge in [-0.2, -0.15) is 0 Å². The second kappa shape index (κ2) is 6.04. The van der Waals surface area contributed by atoms with Crippen molar-refractivity contribution in [3.8, 4) is 17.0 Å². The Morgan fingerprint density at radius 2 is 1.92 bits per heavy atom. The van der Waals surface area contributed by atoms with Crippen molar-refractivity contribution in [2.24, 2.45) is 0 Å². The van der Waals surface area contributed by atoms with Crippen molar-refractivity contribution in [3.63, 3.8) is 0 Å². The van der Waals surface area contributed by atoms with Gasteiger partial charge in [-0.15, -0.1) is 0 Å². The molecule has 3 rings (SSSR count). The molecule has 0 unspecified atom stereocenters. The van der Waals surface area contributed by atoms with Gasteiger partial charge in [-0.05, 0) is 32.9 Å². The van der Waals surface area contributed by atoms with Gasteiger partial charge < -0.3 is 4.74 Å². The first-order valence-electron chi connectivity index (χ1n) is 7.71. The molecule has 0 amide bonds. The number of nitrogens with zero attached hydrogens (tertiary/aromatic N) is 2. The first-order chi connectivity index (χ1) is 11.6. The lowest BCUT2D eigenvalue weighted by atomic mass is 10.2. The molecule has 0 radical (unpaired) electrons. The number of pyridine rings is 1. The standard InChI is InChI=1S/C18H19ClN2O3S/c1-18(2,3)25(22,23)16-11-21-14(12-6-5-7-13(19)8-12)10-20-17(21)9-15(16)24-4/h5-11H,1-4H3. The van der Waals surface area contributed by atoms with E-state index in [2.05, 4.69) is 4.98 Å². The van der Waals surface area contributed by atoms with Gasteiger partial charge in [0.1, 0.15) is 16.3 Å². The summed E-state index contributed by atoms with van der Waals surface area (Å²) in [6, 6.07) is 8.97. The molecule has 0 N–H and O–H groups in total. The second-order valence-corrected chi connectivity index (χ2v) is 9.81. The lowest BCUT2D eigenvalue weighted by molar-refractivity contribution is 0.401. The minimum absolute atomic E-state index is 0.135. The van der Waals surface area contributed by atoms with Gasteiger partial charge in [0.2, 0.25) is 0 Å². The highest BCUT2D eigenvalue weighted by molar-refractivity contribution is 7.92. The van der Waals surface area contributed by atoms with E-state index >= 15 is 0 Å². The zero-order valence-electron chi connectivity index (χ0n) is 14.4. The summed E-state index contributed by atoms with van der Waals surface area (Å²) in [4.78, 5) is 4.50. The summed E-state index contributed by atoms with van der Waals surface area (Å²) in [6.07, 6.45) is 3.26. The molecule has 3 aromatic rings. The van der Waals surface area contributed by atoms with Crippen LogP contribution in [0.2, 0.25) is 5.02 Å². The van der Waals surface area contributed by atoms with Crippen LogP contribution in [0, 0.1) is 0 Å². The summed E-state index contributed by atoms with van der Waals surface area (Å²) in [5.74, 6) is 0.283. The fourth-order valence-electron chi connectivity index (χ4n) is 2.54. The smallest absolute Gasteiger partial charge is 0.188 e. The van der Waals surface area contributed by atoms with Gasteiger partial charge >= 0.3 is 0 Å². The average molecular weight is 379 g/mol. The molecule has 7 heteroatoms. The van der Waals surface area contributed by atoms with Crippen molar-refractivity contribution >= 4 is 27.1 Å². The summed E-state index contributed by atoms with van der Waals surface area (Å²) < 4.78 is 32.0. The van der Waals surface area contributed by atoms with Crippen molar-refractivity contribution < 1.29 is 13.2 Å². The number of benzene rings is 1. The average Bonchev–Trinajstić information content (AvgIpc) is 2.95. The second-order valence-electron chi connectivity index (χ2n) is 6.70. The number of methoxy groups -OCH3 is 1. The van der Waals surface area contributed by atoms with Crippen LogP contribution in [-0.2, 0) is 9.84 Å². The van der Waals surface area contributed by atoms with E-state index in [0.717, 1.165) is 11.3 Å². The van der Waals surface area contributed by atoms with Gasteiger partial charge in [0, 0.05) is 22.8 Å². The number of hydrogen-bond donors (Lipinski definition) is 0. The highest BCUT2D eigenvalue weighted by atomic mass is 35.5. The van der Waals surface area contributed by atoms with E-state index < -0.39 is 14.6 Å². The fraction of sp³-hybridized carbons (Fsp3) is 0.278. The van der Waals surface area contributed by atoms with Gasteiger partial charge in [-0.3, -0.25) is 4.40 Å². The molecule has 0 fully saturated rings. The van der Waals surface area contributed by atoms with Crippen molar-refractivity contribution in [1.29, 1.82) is 0 Å². The van der Waals surface area contributed by atoms with E-state index in [9.17, 15) is 8.42 Å². The predicted octanol–water partition coefficient (Wildman–Crippen LogP) is 4.24. The summed E-state index contributed by atoms with van der Waals surface area (Å²) in [7, 11) is -2.14. The summed E-state index contributed by atoms with van der Waals surface area (Å²) in [5.41, 5.74) is 2.20. The van der Waals surface area contributed by atoms with Gasteiger partial charge in [0.15, 0.2) is 9.84 Å². The van der Waals surface area contributed by atoms with E-state index in [1.54, 1.807) is 49.7 Å². The van der Waals surface area contributed by atoms with E-state index in [-0.39, 0.29) is 10.6 Å². The summed E-state index contributed by atoms with van der Waals surface area (Å²) >= 11 is 6.08. The Labute approximate surface area is 152 Å². The van der Waals surface area contributed by atoms with Crippen LogP contribution in [0.15, 0.2) is 47.6 Å². The van der Waals surface area contributed by atoms with Gasteiger partial charge in [-0.1, -0.05) is 23.7 Å². The molecule has 0 bridgehead atoms. The Kier molecular flexibility index (Phi) is 4.29. The van der Waals surface area contributed by atoms with E-state index in [0.29, 0.717) is 10.7 Å². The molecule has 5 nitrogen and oxygen atoms in total. The maximum absolute atomic E-state index is 13.0. The molecule has 0 aliphatic rings. The Morgan fingerprint density at radius 1 is 1.20 bits per heavy atom. The molecule has 2 aromatic heterocycles. The van der Waals surface area contributed by atoms with Crippen molar-refractivity contribution in [2.45, 2.75) is 30.4 Å². The van der Waals surface area contributed by atoms with Gasteiger partial charge in [-0.25, -0.2) is 13.4 Å². The van der Waals surface area contributed by atoms with Crippen LogP contribution in [0.1, 0.15) is 20.8 Å². The molecule has 132 valence electrons. The largest absolute Gasteiger partial charge is 0.495 e. The Morgan fingerprint density at radius 3 is 2.52 bits per heavy atom. The molecule has 0 spiro atoms. The normalized spacial score (nSPS) is 12.5. The molecular weight excluding hydrogens is 360 g/mol. The minimum atomic E-state index is -3.60. The number of aromatic nitrogens is 2. The zero-order chi connectivity index (χ0) is 18.4. The molecule has 0 saturated carbocycles.